The van der Waals surface area contributed by atoms with Gasteiger partial charge in [-0.15, -0.1) is 0 Å². The van der Waals surface area contributed by atoms with Gasteiger partial charge in [0.15, 0.2) is 0 Å². The molecule has 0 spiro atoms. The van der Waals surface area contributed by atoms with Gasteiger partial charge in [0.25, 0.3) is 0 Å². The Morgan fingerprint density at radius 3 is 2.89 bits per heavy atom. The molecule has 1 saturated heterocycles. The van der Waals surface area contributed by atoms with E-state index in [0.717, 1.165) is 13.1 Å². The Balaban J connectivity index is 2.05. The molecular weight excluding hydrogens is 300 g/mol. The van der Waals surface area contributed by atoms with Gasteiger partial charge in [-0.3, -0.25) is 4.90 Å². The third-order valence-corrected chi connectivity index (χ3v) is 4.80. The van der Waals surface area contributed by atoms with Crippen LogP contribution < -0.4 is 5.32 Å². The van der Waals surface area contributed by atoms with Gasteiger partial charge in [-0.1, -0.05) is 40.9 Å². The first-order valence-electron chi connectivity index (χ1n) is 7.36. The molecule has 1 aliphatic rings. The molecule has 106 valence electrons. The summed E-state index contributed by atoms with van der Waals surface area (Å²) in [7, 11) is 1.99. The third kappa shape index (κ3) is 4.30. The van der Waals surface area contributed by atoms with Gasteiger partial charge < -0.3 is 5.32 Å². The number of rotatable bonds is 4. The van der Waals surface area contributed by atoms with Crippen LogP contribution in [0.3, 0.4) is 0 Å². The van der Waals surface area contributed by atoms with Crippen molar-refractivity contribution in [3.8, 4) is 0 Å². The van der Waals surface area contributed by atoms with E-state index in [0.29, 0.717) is 6.04 Å². The number of hydrogen-bond acceptors (Lipinski definition) is 2. The molecule has 0 aromatic heterocycles. The quantitative estimate of drug-likeness (QED) is 0.902. The van der Waals surface area contributed by atoms with Crippen molar-refractivity contribution in [1.29, 1.82) is 0 Å². The maximum atomic E-state index is 3.73. The van der Waals surface area contributed by atoms with Crippen molar-refractivity contribution in [3.05, 3.63) is 33.8 Å². The highest BCUT2D eigenvalue weighted by molar-refractivity contribution is 9.10. The van der Waals surface area contributed by atoms with E-state index in [1.807, 2.05) is 7.05 Å². The van der Waals surface area contributed by atoms with Crippen molar-refractivity contribution < 1.29 is 0 Å². The van der Waals surface area contributed by atoms with Crippen LogP contribution in [0, 0.1) is 0 Å². The predicted molar refractivity (Wildman–Crippen MR) is 85.2 cm³/mol. The fourth-order valence-electron chi connectivity index (χ4n) is 2.82. The van der Waals surface area contributed by atoms with Crippen molar-refractivity contribution in [2.75, 3.05) is 13.6 Å². The molecule has 0 radical (unpaired) electrons. The molecule has 0 aliphatic carbocycles. The number of nitrogens with one attached hydrogen (secondary N) is 1. The lowest BCUT2D eigenvalue weighted by Gasteiger charge is -2.27. The van der Waals surface area contributed by atoms with Crippen molar-refractivity contribution >= 4 is 15.9 Å². The van der Waals surface area contributed by atoms with E-state index in [1.165, 1.54) is 47.8 Å². The van der Waals surface area contributed by atoms with Gasteiger partial charge in [0, 0.05) is 23.6 Å². The van der Waals surface area contributed by atoms with E-state index in [-0.39, 0.29) is 0 Å². The SMILES string of the molecule is CNCc1ccc(CN2CCCCCC2C)c(Br)c1. The van der Waals surface area contributed by atoms with Gasteiger partial charge in [0.1, 0.15) is 0 Å². The van der Waals surface area contributed by atoms with Crippen molar-refractivity contribution in [2.45, 2.75) is 51.7 Å². The number of likely N-dealkylation sites (tertiary alicyclic amines) is 1. The summed E-state index contributed by atoms with van der Waals surface area (Å²) in [4.78, 5) is 2.63. The predicted octanol–water partition coefficient (Wildman–Crippen LogP) is 3.93. The Bertz CT molecular complexity index is 406. The van der Waals surface area contributed by atoms with Crippen LogP contribution >= 0.6 is 15.9 Å². The molecule has 0 bridgehead atoms. The Kier molecular flexibility index (Phi) is 5.86. The Morgan fingerprint density at radius 1 is 1.32 bits per heavy atom. The molecule has 1 unspecified atom stereocenters. The third-order valence-electron chi connectivity index (χ3n) is 4.06. The molecule has 19 heavy (non-hydrogen) atoms. The number of benzene rings is 1. The number of nitrogens with zero attached hydrogens (tertiary/aromatic N) is 1. The molecule has 0 amide bonds. The summed E-state index contributed by atoms with van der Waals surface area (Å²) in [5.74, 6) is 0. The number of halogens is 1. The van der Waals surface area contributed by atoms with Crippen LogP contribution in [-0.2, 0) is 13.1 Å². The molecule has 2 rings (SSSR count). The minimum absolute atomic E-state index is 0.714. The van der Waals surface area contributed by atoms with Crippen LogP contribution in [0.2, 0.25) is 0 Å². The van der Waals surface area contributed by atoms with Crippen LogP contribution in [0.4, 0.5) is 0 Å². The summed E-state index contributed by atoms with van der Waals surface area (Å²) in [5, 5.41) is 3.20. The molecular formula is C16H25BrN2. The highest BCUT2D eigenvalue weighted by Crippen LogP contribution is 2.24. The first-order valence-corrected chi connectivity index (χ1v) is 8.16. The summed E-state index contributed by atoms with van der Waals surface area (Å²) >= 11 is 3.73. The lowest BCUT2D eigenvalue weighted by Crippen LogP contribution is -2.32. The molecule has 3 heteroatoms. The van der Waals surface area contributed by atoms with Crippen molar-refractivity contribution in [1.82, 2.24) is 10.2 Å². The summed E-state index contributed by atoms with van der Waals surface area (Å²) < 4.78 is 1.25. The second kappa shape index (κ2) is 7.41. The van der Waals surface area contributed by atoms with Crippen LogP contribution in [0.1, 0.15) is 43.7 Å². The Hall–Kier alpha value is -0.380. The summed E-state index contributed by atoms with van der Waals surface area (Å²) in [6.45, 7) is 5.61. The molecule has 1 N–H and O–H groups in total. The summed E-state index contributed by atoms with van der Waals surface area (Å²) in [6.07, 6.45) is 5.47. The molecule has 1 aromatic carbocycles. The second-order valence-electron chi connectivity index (χ2n) is 5.62. The zero-order chi connectivity index (χ0) is 13.7. The zero-order valence-corrected chi connectivity index (χ0v) is 13.7. The minimum Gasteiger partial charge on any atom is -0.316 e. The highest BCUT2D eigenvalue weighted by atomic mass is 79.9. The maximum absolute atomic E-state index is 3.73. The highest BCUT2D eigenvalue weighted by Gasteiger charge is 2.17. The van der Waals surface area contributed by atoms with Crippen molar-refractivity contribution in [2.24, 2.45) is 0 Å². The fourth-order valence-corrected chi connectivity index (χ4v) is 3.37. The van der Waals surface area contributed by atoms with Gasteiger partial charge in [-0.25, -0.2) is 0 Å². The van der Waals surface area contributed by atoms with E-state index >= 15 is 0 Å². The molecule has 1 atom stereocenters. The van der Waals surface area contributed by atoms with Crippen LogP contribution in [0.5, 0.6) is 0 Å². The monoisotopic (exact) mass is 324 g/mol. The smallest absolute Gasteiger partial charge is 0.0247 e. The standard InChI is InChI=1S/C16H25BrN2/c1-13-6-4-3-5-9-19(13)12-15-8-7-14(11-18-2)10-16(15)17/h7-8,10,13,18H,3-6,9,11-12H2,1-2H3. The van der Waals surface area contributed by atoms with E-state index in [1.54, 1.807) is 0 Å². The van der Waals surface area contributed by atoms with Gasteiger partial charge in [-0.05, 0) is 50.6 Å². The van der Waals surface area contributed by atoms with E-state index in [2.05, 4.69) is 51.3 Å². The average molecular weight is 325 g/mol. The first kappa shape index (κ1) is 15.0. The first-order chi connectivity index (χ1) is 9.20. The lowest BCUT2D eigenvalue weighted by atomic mass is 10.1. The van der Waals surface area contributed by atoms with Gasteiger partial charge in [0.05, 0.1) is 0 Å². The van der Waals surface area contributed by atoms with E-state index in [9.17, 15) is 0 Å². The Morgan fingerprint density at radius 2 is 2.16 bits per heavy atom. The van der Waals surface area contributed by atoms with E-state index in [4.69, 9.17) is 0 Å². The molecule has 2 nitrogen and oxygen atoms in total. The van der Waals surface area contributed by atoms with Crippen LogP contribution in [0.25, 0.3) is 0 Å². The lowest BCUT2D eigenvalue weighted by molar-refractivity contribution is 0.204. The largest absolute Gasteiger partial charge is 0.316 e. The molecule has 0 saturated carbocycles. The topological polar surface area (TPSA) is 15.3 Å². The van der Waals surface area contributed by atoms with Crippen molar-refractivity contribution in [3.63, 3.8) is 0 Å². The van der Waals surface area contributed by atoms with E-state index < -0.39 is 0 Å². The summed E-state index contributed by atoms with van der Waals surface area (Å²) in [5.41, 5.74) is 2.75. The van der Waals surface area contributed by atoms with Gasteiger partial charge in [-0.2, -0.15) is 0 Å². The average Bonchev–Trinajstić information content (AvgIpc) is 2.58. The molecule has 1 aromatic rings. The Labute approximate surface area is 125 Å². The normalized spacial score (nSPS) is 21.3. The minimum atomic E-state index is 0.714. The molecule has 1 heterocycles. The van der Waals surface area contributed by atoms with Crippen LogP contribution in [0.15, 0.2) is 22.7 Å². The fraction of sp³-hybridized carbons (Fsp3) is 0.625. The maximum Gasteiger partial charge on any atom is 0.0247 e. The number of hydrogen-bond donors (Lipinski definition) is 1. The molecule has 1 aliphatic heterocycles. The summed E-state index contributed by atoms with van der Waals surface area (Å²) in [6, 6.07) is 7.47. The van der Waals surface area contributed by atoms with Gasteiger partial charge >= 0.3 is 0 Å². The zero-order valence-electron chi connectivity index (χ0n) is 12.1. The molecule has 1 fully saturated rings. The second-order valence-corrected chi connectivity index (χ2v) is 6.48. The van der Waals surface area contributed by atoms with Gasteiger partial charge in [0.2, 0.25) is 0 Å². The van der Waals surface area contributed by atoms with Crippen LogP contribution in [-0.4, -0.2) is 24.5 Å².